The molecule has 21 heavy (non-hydrogen) atoms. The fourth-order valence-corrected chi connectivity index (χ4v) is 2.68. The van der Waals surface area contributed by atoms with Gasteiger partial charge in [-0.15, -0.1) is 0 Å². The van der Waals surface area contributed by atoms with Crippen molar-refractivity contribution in [2.75, 3.05) is 13.2 Å². The molecule has 0 radical (unpaired) electrons. The maximum absolute atomic E-state index is 11.8. The van der Waals surface area contributed by atoms with E-state index in [0.29, 0.717) is 37.8 Å². The van der Waals surface area contributed by atoms with E-state index in [1.54, 1.807) is 0 Å². The van der Waals surface area contributed by atoms with Gasteiger partial charge in [-0.25, -0.2) is 0 Å². The summed E-state index contributed by atoms with van der Waals surface area (Å²) < 4.78 is 10.6. The number of Topliss-reactive ketones (excluding diaryl/α,β-unsaturated/α-hetero) is 1. The quantitative estimate of drug-likeness (QED) is 0.866. The zero-order chi connectivity index (χ0) is 14.8. The summed E-state index contributed by atoms with van der Waals surface area (Å²) in [5.41, 5.74) is 3.57. The van der Waals surface area contributed by atoms with Gasteiger partial charge in [0.05, 0.1) is 13.2 Å². The molecule has 0 N–H and O–H groups in total. The number of ketones is 1. The molecule has 1 aliphatic rings. The molecule has 5 nitrogen and oxygen atoms in total. The van der Waals surface area contributed by atoms with Gasteiger partial charge in [-0.1, -0.05) is 34.5 Å². The van der Waals surface area contributed by atoms with Gasteiger partial charge in [-0.05, 0) is 19.4 Å². The Morgan fingerprint density at radius 1 is 1.24 bits per heavy atom. The summed E-state index contributed by atoms with van der Waals surface area (Å²) in [6.45, 7) is 4.95. The summed E-state index contributed by atoms with van der Waals surface area (Å²) in [5, 5.41) is 3.99. The highest BCUT2D eigenvalue weighted by molar-refractivity contribution is 5.85. The summed E-state index contributed by atoms with van der Waals surface area (Å²) in [6, 6.07) is 6.35. The lowest BCUT2D eigenvalue weighted by Gasteiger charge is -2.17. The molecular formula is C16H18N2O3. The van der Waals surface area contributed by atoms with E-state index >= 15 is 0 Å². The van der Waals surface area contributed by atoms with Gasteiger partial charge in [0, 0.05) is 12.8 Å². The number of aromatic nitrogens is 2. The Labute approximate surface area is 123 Å². The van der Waals surface area contributed by atoms with Crippen molar-refractivity contribution in [3.63, 3.8) is 0 Å². The molecule has 1 aromatic carbocycles. The lowest BCUT2D eigenvalue weighted by Crippen LogP contribution is -2.25. The normalized spacial score (nSPS) is 19.0. The van der Waals surface area contributed by atoms with Gasteiger partial charge in [-0.2, -0.15) is 4.98 Å². The maximum atomic E-state index is 11.8. The second-order valence-electron chi connectivity index (χ2n) is 5.57. The van der Waals surface area contributed by atoms with Gasteiger partial charge < -0.3 is 9.26 Å². The van der Waals surface area contributed by atoms with Crippen LogP contribution in [0.25, 0.3) is 0 Å². The third-order valence-electron chi connectivity index (χ3n) is 3.59. The van der Waals surface area contributed by atoms with E-state index in [1.165, 1.54) is 11.1 Å². The molecule has 1 saturated heterocycles. The Kier molecular flexibility index (Phi) is 3.84. The first-order chi connectivity index (χ1) is 10.1. The topological polar surface area (TPSA) is 65.2 Å². The van der Waals surface area contributed by atoms with E-state index in [-0.39, 0.29) is 5.78 Å². The third kappa shape index (κ3) is 3.19. The highest BCUT2D eigenvalue weighted by atomic mass is 16.5. The van der Waals surface area contributed by atoms with Crippen molar-refractivity contribution in [2.45, 2.75) is 32.6 Å². The van der Waals surface area contributed by atoms with Crippen LogP contribution in [0, 0.1) is 13.8 Å². The summed E-state index contributed by atoms with van der Waals surface area (Å²) in [6.07, 6.45) is 1.02. The molecule has 2 aromatic rings. The van der Waals surface area contributed by atoms with Gasteiger partial charge in [-0.3, -0.25) is 4.79 Å². The van der Waals surface area contributed by atoms with Crippen LogP contribution in [-0.4, -0.2) is 29.1 Å². The second kappa shape index (κ2) is 5.77. The van der Waals surface area contributed by atoms with Crippen LogP contribution in [0.3, 0.4) is 0 Å². The number of carbonyl (C=O) groups excluding carboxylic acids is 1. The Morgan fingerprint density at radius 3 is 2.71 bits per heavy atom. The first kappa shape index (κ1) is 13.9. The first-order valence-corrected chi connectivity index (χ1v) is 7.12. The average Bonchev–Trinajstić information content (AvgIpc) is 2.86. The molecule has 0 saturated carbocycles. The molecule has 0 amide bonds. The second-order valence-corrected chi connectivity index (χ2v) is 5.57. The van der Waals surface area contributed by atoms with Gasteiger partial charge in [0.15, 0.2) is 5.82 Å². The zero-order valence-corrected chi connectivity index (χ0v) is 12.3. The lowest BCUT2D eigenvalue weighted by molar-refractivity contribution is -0.127. The van der Waals surface area contributed by atoms with E-state index in [0.717, 1.165) is 5.56 Å². The number of aryl methyl sites for hydroxylation is 2. The Balaban J connectivity index is 1.77. The van der Waals surface area contributed by atoms with E-state index < -0.39 is 5.92 Å². The number of hydrogen-bond donors (Lipinski definition) is 0. The Morgan fingerprint density at radius 2 is 2.00 bits per heavy atom. The van der Waals surface area contributed by atoms with Crippen molar-refractivity contribution in [3.8, 4) is 0 Å². The number of carbonyl (C=O) groups is 1. The lowest BCUT2D eigenvalue weighted by atomic mass is 10.0. The highest BCUT2D eigenvalue weighted by Crippen LogP contribution is 2.21. The van der Waals surface area contributed by atoms with Crippen molar-refractivity contribution < 1.29 is 14.1 Å². The van der Waals surface area contributed by atoms with E-state index in [4.69, 9.17) is 9.26 Å². The van der Waals surface area contributed by atoms with Crippen LogP contribution < -0.4 is 0 Å². The van der Waals surface area contributed by atoms with Crippen LogP contribution in [0.15, 0.2) is 22.7 Å². The number of nitrogens with zero attached hydrogens (tertiary/aromatic N) is 2. The minimum absolute atomic E-state index is 0.114. The predicted octanol–water partition coefficient (Wildman–Crippen LogP) is 2.35. The van der Waals surface area contributed by atoms with Crippen molar-refractivity contribution in [3.05, 3.63) is 46.6 Å². The van der Waals surface area contributed by atoms with Crippen LogP contribution >= 0.6 is 0 Å². The minimum Gasteiger partial charge on any atom is -0.380 e. The number of hydrogen-bond acceptors (Lipinski definition) is 5. The zero-order valence-electron chi connectivity index (χ0n) is 12.3. The minimum atomic E-state index is -0.403. The summed E-state index contributed by atoms with van der Waals surface area (Å²) in [4.78, 5) is 16.2. The maximum Gasteiger partial charge on any atom is 0.239 e. The van der Waals surface area contributed by atoms with E-state index in [1.807, 2.05) is 0 Å². The summed E-state index contributed by atoms with van der Waals surface area (Å²) in [5.74, 6) is 0.689. The van der Waals surface area contributed by atoms with Gasteiger partial charge in [0.1, 0.15) is 11.7 Å². The molecule has 1 fully saturated rings. The Bertz CT molecular complexity index is 643. The largest absolute Gasteiger partial charge is 0.380 e. The third-order valence-corrected chi connectivity index (χ3v) is 3.59. The average molecular weight is 286 g/mol. The van der Waals surface area contributed by atoms with Crippen LogP contribution in [0.5, 0.6) is 0 Å². The van der Waals surface area contributed by atoms with Gasteiger partial charge >= 0.3 is 0 Å². The SMILES string of the molecule is Cc1cc(C)cc(Cc2noc(C3COCCC3=O)n2)c1. The number of benzene rings is 1. The summed E-state index contributed by atoms with van der Waals surface area (Å²) in [7, 11) is 0. The molecule has 1 unspecified atom stereocenters. The molecule has 5 heteroatoms. The number of rotatable bonds is 3. The molecule has 110 valence electrons. The van der Waals surface area contributed by atoms with Crippen molar-refractivity contribution >= 4 is 5.78 Å². The molecule has 0 spiro atoms. The molecule has 3 rings (SSSR count). The number of ether oxygens (including phenoxy) is 1. The molecular weight excluding hydrogens is 268 g/mol. The van der Waals surface area contributed by atoms with E-state index in [2.05, 4.69) is 42.2 Å². The van der Waals surface area contributed by atoms with Crippen molar-refractivity contribution in [2.24, 2.45) is 0 Å². The van der Waals surface area contributed by atoms with Gasteiger partial charge in [0.2, 0.25) is 5.89 Å². The predicted molar refractivity (Wildman–Crippen MR) is 76.2 cm³/mol. The van der Waals surface area contributed by atoms with Crippen molar-refractivity contribution in [1.29, 1.82) is 0 Å². The van der Waals surface area contributed by atoms with E-state index in [9.17, 15) is 4.79 Å². The Hall–Kier alpha value is -2.01. The van der Waals surface area contributed by atoms with Crippen LogP contribution in [0.4, 0.5) is 0 Å². The van der Waals surface area contributed by atoms with Gasteiger partial charge in [0.25, 0.3) is 0 Å². The molecule has 0 bridgehead atoms. The van der Waals surface area contributed by atoms with Crippen LogP contribution in [0.1, 0.15) is 40.7 Å². The fraction of sp³-hybridized carbons (Fsp3) is 0.438. The monoisotopic (exact) mass is 286 g/mol. The molecule has 1 aromatic heterocycles. The molecule has 0 aliphatic carbocycles. The smallest absolute Gasteiger partial charge is 0.239 e. The fourth-order valence-electron chi connectivity index (χ4n) is 2.68. The molecule has 2 heterocycles. The molecule has 1 atom stereocenters. The van der Waals surface area contributed by atoms with Crippen LogP contribution in [-0.2, 0) is 16.0 Å². The first-order valence-electron chi connectivity index (χ1n) is 7.12. The summed E-state index contributed by atoms with van der Waals surface area (Å²) >= 11 is 0. The molecule has 1 aliphatic heterocycles. The van der Waals surface area contributed by atoms with Crippen molar-refractivity contribution in [1.82, 2.24) is 10.1 Å². The van der Waals surface area contributed by atoms with Crippen LogP contribution in [0.2, 0.25) is 0 Å². The standard InChI is InChI=1S/C16H18N2O3/c1-10-5-11(2)7-12(6-10)8-15-17-16(21-18-15)13-9-20-4-3-14(13)19/h5-7,13H,3-4,8-9H2,1-2H3. The highest BCUT2D eigenvalue weighted by Gasteiger charge is 2.29.